The number of nitrogens with zero attached hydrogens (tertiary/aromatic N) is 1. The van der Waals surface area contributed by atoms with Crippen LogP contribution in [0.1, 0.15) is 12.5 Å². The molecule has 1 aromatic rings. The van der Waals surface area contributed by atoms with E-state index in [1.165, 1.54) is 23.9 Å². The van der Waals surface area contributed by atoms with Gasteiger partial charge in [0.1, 0.15) is 5.82 Å². The topological polar surface area (TPSA) is 69.2 Å². The van der Waals surface area contributed by atoms with E-state index in [4.69, 9.17) is 5.73 Å². The van der Waals surface area contributed by atoms with Crippen molar-refractivity contribution in [3.05, 3.63) is 39.7 Å². The molecule has 1 atom stereocenters. The predicted molar refractivity (Wildman–Crippen MR) is 62.9 cm³/mol. The van der Waals surface area contributed by atoms with E-state index in [2.05, 4.69) is 0 Å². The molecule has 2 N–H and O–H groups in total. The highest BCUT2D eigenvalue weighted by Gasteiger charge is 2.09. The number of nitro groups is 1. The molecule has 0 saturated carbocycles. The van der Waals surface area contributed by atoms with Gasteiger partial charge in [0.25, 0.3) is 5.69 Å². The second-order valence-corrected chi connectivity index (χ2v) is 4.60. The summed E-state index contributed by atoms with van der Waals surface area (Å²) >= 11 is 1.53. The summed E-state index contributed by atoms with van der Waals surface area (Å²) in [4.78, 5) is 9.91. The lowest BCUT2D eigenvalue weighted by Crippen LogP contribution is -2.17. The maximum absolute atomic E-state index is 13.0. The molecular weight excluding hydrogens is 231 g/mol. The van der Waals surface area contributed by atoms with Crippen molar-refractivity contribution in [2.24, 2.45) is 5.73 Å². The van der Waals surface area contributed by atoms with E-state index >= 15 is 0 Å². The first-order valence-electron chi connectivity index (χ1n) is 4.76. The van der Waals surface area contributed by atoms with E-state index in [0.717, 1.165) is 11.8 Å². The first kappa shape index (κ1) is 12.9. The zero-order chi connectivity index (χ0) is 12.1. The number of rotatable bonds is 5. The molecule has 0 fully saturated rings. The van der Waals surface area contributed by atoms with Crippen LogP contribution in [0.25, 0.3) is 0 Å². The largest absolute Gasteiger partial charge is 0.327 e. The Bertz CT molecular complexity index is 385. The lowest BCUT2D eigenvalue weighted by molar-refractivity contribution is -0.385. The average Bonchev–Trinajstić information content (AvgIpc) is 2.16. The van der Waals surface area contributed by atoms with Crippen molar-refractivity contribution in [3.63, 3.8) is 0 Å². The van der Waals surface area contributed by atoms with Crippen LogP contribution in [0.2, 0.25) is 0 Å². The van der Waals surface area contributed by atoms with Crippen LogP contribution in [-0.2, 0) is 5.75 Å². The van der Waals surface area contributed by atoms with Gasteiger partial charge < -0.3 is 5.73 Å². The van der Waals surface area contributed by atoms with Gasteiger partial charge in [-0.3, -0.25) is 10.1 Å². The second kappa shape index (κ2) is 5.81. The Morgan fingerprint density at radius 1 is 1.56 bits per heavy atom. The molecule has 1 rings (SSSR count). The van der Waals surface area contributed by atoms with Crippen molar-refractivity contribution in [2.75, 3.05) is 5.75 Å². The summed E-state index contributed by atoms with van der Waals surface area (Å²) < 4.78 is 13.0. The van der Waals surface area contributed by atoms with Gasteiger partial charge in [0.15, 0.2) is 0 Å². The maximum Gasteiger partial charge on any atom is 0.272 e. The molecule has 0 aromatic heterocycles. The Balaban J connectivity index is 2.69. The van der Waals surface area contributed by atoms with Gasteiger partial charge in [0.2, 0.25) is 0 Å². The molecule has 0 saturated heterocycles. The smallest absolute Gasteiger partial charge is 0.272 e. The van der Waals surface area contributed by atoms with Crippen molar-refractivity contribution in [1.29, 1.82) is 0 Å². The fourth-order valence-electron chi connectivity index (χ4n) is 1.18. The molecule has 0 bridgehead atoms. The minimum atomic E-state index is -0.594. The van der Waals surface area contributed by atoms with Crippen molar-refractivity contribution in [2.45, 2.75) is 18.7 Å². The SMILES string of the molecule is CC(N)CSCc1cc(F)cc([N+](=O)[O-])c1. The van der Waals surface area contributed by atoms with Gasteiger partial charge in [-0.1, -0.05) is 0 Å². The van der Waals surface area contributed by atoms with Crippen LogP contribution in [0.15, 0.2) is 18.2 Å². The van der Waals surface area contributed by atoms with Gasteiger partial charge in [0, 0.05) is 23.6 Å². The van der Waals surface area contributed by atoms with Crippen LogP contribution in [0.4, 0.5) is 10.1 Å². The normalized spacial score (nSPS) is 12.4. The molecule has 1 aromatic carbocycles. The van der Waals surface area contributed by atoms with Gasteiger partial charge >= 0.3 is 0 Å². The quantitative estimate of drug-likeness (QED) is 0.637. The van der Waals surface area contributed by atoms with Crippen LogP contribution in [0, 0.1) is 15.9 Å². The van der Waals surface area contributed by atoms with Gasteiger partial charge in [-0.05, 0) is 18.6 Å². The van der Waals surface area contributed by atoms with E-state index in [0.29, 0.717) is 11.3 Å². The number of thioether (sulfide) groups is 1. The van der Waals surface area contributed by atoms with Gasteiger partial charge in [0.05, 0.1) is 11.0 Å². The summed E-state index contributed by atoms with van der Waals surface area (Å²) in [6, 6.07) is 3.67. The molecule has 88 valence electrons. The van der Waals surface area contributed by atoms with E-state index in [-0.39, 0.29) is 11.7 Å². The van der Waals surface area contributed by atoms with Crippen LogP contribution >= 0.6 is 11.8 Å². The van der Waals surface area contributed by atoms with E-state index in [1.54, 1.807) is 0 Å². The van der Waals surface area contributed by atoms with Crippen LogP contribution in [0.5, 0.6) is 0 Å². The highest BCUT2D eigenvalue weighted by atomic mass is 32.2. The maximum atomic E-state index is 13.0. The van der Waals surface area contributed by atoms with E-state index in [1.807, 2.05) is 6.92 Å². The third-order valence-electron chi connectivity index (χ3n) is 1.80. The molecule has 16 heavy (non-hydrogen) atoms. The molecule has 1 unspecified atom stereocenters. The lowest BCUT2D eigenvalue weighted by Gasteiger charge is -2.05. The Morgan fingerprint density at radius 3 is 2.81 bits per heavy atom. The molecule has 0 spiro atoms. The minimum Gasteiger partial charge on any atom is -0.327 e. The molecule has 0 aliphatic rings. The average molecular weight is 244 g/mol. The number of halogens is 1. The van der Waals surface area contributed by atoms with Crippen molar-refractivity contribution < 1.29 is 9.31 Å². The molecule has 0 radical (unpaired) electrons. The van der Waals surface area contributed by atoms with Crippen LogP contribution < -0.4 is 5.73 Å². The van der Waals surface area contributed by atoms with Gasteiger partial charge in [-0.2, -0.15) is 11.8 Å². The summed E-state index contributed by atoms with van der Waals surface area (Å²) in [6.07, 6.45) is 0. The lowest BCUT2D eigenvalue weighted by atomic mass is 10.2. The molecule has 0 aliphatic heterocycles. The number of benzene rings is 1. The zero-order valence-electron chi connectivity index (χ0n) is 8.85. The van der Waals surface area contributed by atoms with Crippen LogP contribution in [-0.4, -0.2) is 16.7 Å². The number of nitrogens with two attached hydrogens (primary N) is 1. The number of nitro benzene ring substituents is 1. The molecular formula is C10H13FN2O2S. The van der Waals surface area contributed by atoms with Crippen molar-refractivity contribution in [3.8, 4) is 0 Å². The third kappa shape index (κ3) is 4.16. The first-order valence-corrected chi connectivity index (χ1v) is 5.91. The van der Waals surface area contributed by atoms with Gasteiger partial charge in [-0.15, -0.1) is 0 Å². The summed E-state index contributed by atoms with van der Waals surface area (Å²) in [6.45, 7) is 1.88. The summed E-state index contributed by atoms with van der Waals surface area (Å²) in [5.41, 5.74) is 5.96. The fraction of sp³-hybridized carbons (Fsp3) is 0.400. The van der Waals surface area contributed by atoms with Crippen LogP contribution in [0.3, 0.4) is 0 Å². The number of non-ortho nitro benzene ring substituents is 1. The zero-order valence-corrected chi connectivity index (χ0v) is 9.67. The van der Waals surface area contributed by atoms with Crippen molar-refractivity contribution >= 4 is 17.4 Å². The first-order chi connectivity index (χ1) is 7.49. The standard InChI is InChI=1S/C10H13FN2O2S/c1-7(12)5-16-6-8-2-9(11)4-10(3-8)13(14)15/h2-4,7H,5-6,12H2,1H3. The predicted octanol–water partition coefficient (Wildman–Crippen LogP) is 2.31. The number of hydrogen-bond donors (Lipinski definition) is 1. The fourth-order valence-corrected chi connectivity index (χ4v) is 2.08. The van der Waals surface area contributed by atoms with E-state index in [9.17, 15) is 14.5 Å². The Hall–Kier alpha value is -1.14. The second-order valence-electron chi connectivity index (χ2n) is 3.57. The molecule has 0 aliphatic carbocycles. The van der Waals surface area contributed by atoms with Gasteiger partial charge in [-0.25, -0.2) is 4.39 Å². The molecule has 0 amide bonds. The van der Waals surface area contributed by atoms with E-state index < -0.39 is 10.7 Å². The molecule has 4 nitrogen and oxygen atoms in total. The highest BCUT2D eigenvalue weighted by molar-refractivity contribution is 7.98. The Labute approximate surface area is 97.2 Å². The molecule has 0 heterocycles. The summed E-state index contributed by atoms with van der Waals surface area (Å²) in [5, 5.41) is 10.5. The Kier molecular flexibility index (Phi) is 4.70. The minimum absolute atomic E-state index is 0.0635. The van der Waals surface area contributed by atoms with Crippen molar-refractivity contribution in [1.82, 2.24) is 0 Å². The highest BCUT2D eigenvalue weighted by Crippen LogP contribution is 2.20. The monoisotopic (exact) mass is 244 g/mol. The third-order valence-corrected chi connectivity index (χ3v) is 3.10. The summed E-state index contributed by atoms with van der Waals surface area (Å²) in [7, 11) is 0. The summed E-state index contributed by atoms with van der Waals surface area (Å²) in [5.74, 6) is 0.690. The number of hydrogen-bond acceptors (Lipinski definition) is 4. The Morgan fingerprint density at radius 2 is 2.25 bits per heavy atom. The molecule has 6 heteroatoms.